The highest BCUT2D eigenvalue weighted by Crippen LogP contribution is 2.27. The average Bonchev–Trinajstić information content (AvgIpc) is 2.56. The standard InChI is InChI=1S/C17H25N3O.ClH/c1-19-10-11-20(17(21)15-8-5-9-18-12-15)16(13-19)14-6-3-2-4-7-14;/h2-4,6-7,15-16,18H,5,8-13H2,1H3;1H. The van der Waals surface area contributed by atoms with Crippen LogP contribution in [-0.4, -0.2) is 55.5 Å². The van der Waals surface area contributed by atoms with E-state index in [2.05, 4.69) is 46.4 Å². The molecule has 22 heavy (non-hydrogen) atoms. The van der Waals surface area contributed by atoms with E-state index in [1.165, 1.54) is 5.56 Å². The molecule has 0 saturated carbocycles. The van der Waals surface area contributed by atoms with E-state index in [1.807, 2.05) is 6.07 Å². The molecule has 0 aromatic heterocycles. The summed E-state index contributed by atoms with van der Waals surface area (Å²) in [6.45, 7) is 4.62. The summed E-state index contributed by atoms with van der Waals surface area (Å²) < 4.78 is 0. The van der Waals surface area contributed by atoms with E-state index in [9.17, 15) is 4.79 Å². The smallest absolute Gasteiger partial charge is 0.227 e. The van der Waals surface area contributed by atoms with Crippen molar-refractivity contribution in [2.24, 2.45) is 5.92 Å². The molecule has 1 aromatic carbocycles. The Kier molecular flexibility index (Phi) is 6.24. The number of benzene rings is 1. The summed E-state index contributed by atoms with van der Waals surface area (Å²) in [6.07, 6.45) is 2.14. The molecule has 2 aliphatic rings. The first-order valence-corrected chi connectivity index (χ1v) is 8.00. The number of nitrogens with zero attached hydrogens (tertiary/aromatic N) is 2. The highest BCUT2D eigenvalue weighted by Gasteiger charge is 2.34. The summed E-state index contributed by atoms with van der Waals surface area (Å²) in [5.41, 5.74) is 1.25. The molecule has 0 aliphatic carbocycles. The Morgan fingerprint density at radius 3 is 2.68 bits per heavy atom. The molecule has 122 valence electrons. The number of nitrogens with one attached hydrogen (secondary N) is 1. The molecular formula is C17H26ClN3O. The van der Waals surface area contributed by atoms with Crippen LogP contribution in [0.15, 0.2) is 30.3 Å². The van der Waals surface area contributed by atoms with Gasteiger partial charge in [-0.15, -0.1) is 12.4 Å². The zero-order chi connectivity index (χ0) is 14.7. The number of amides is 1. The summed E-state index contributed by atoms with van der Waals surface area (Å²) in [7, 11) is 2.14. The van der Waals surface area contributed by atoms with Crippen molar-refractivity contribution in [2.75, 3.05) is 39.8 Å². The molecule has 1 amide bonds. The zero-order valence-electron chi connectivity index (χ0n) is 13.2. The quantitative estimate of drug-likeness (QED) is 0.903. The number of carbonyl (C=O) groups excluding carboxylic acids is 1. The fraction of sp³-hybridized carbons (Fsp3) is 0.588. The number of hydrogen-bond donors (Lipinski definition) is 1. The van der Waals surface area contributed by atoms with Crippen molar-refractivity contribution in [1.29, 1.82) is 0 Å². The Balaban J connectivity index is 0.00000176. The van der Waals surface area contributed by atoms with E-state index in [1.54, 1.807) is 0 Å². The third-order valence-electron chi connectivity index (χ3n) is 4.70. The van der Waals surface area contributed by atoms with Crippen molar-refractivity contribution in [3.63, 3.8) is 0 Å². The Morgan fingerprint density at radius 1 is 1.23 bits per heavy atom. The van der Waals surface area contributed by atoms with E-state index < -0.39 is 0 Å². The number of halogens is 1. The lowest BCUT2D eigenvalue weighted by atomic mass is 9.95. The Bertz CT molecular complexity index is 476. The first-order chi connectivity index (χ1) is 10.3. The van der Waals surface area contributed by atoms with Crippen molar-refractivity contribution in [2.45, 2.75) is 18.9 Å². The first kappa shape index (κ1) is 17.3. The Hall–Kier alpha value is -1.10. The monoisotopic (exact) mass is 323 g/mol. The summed E-state index contributed by atoms with van der Waals surface area (Å²) in [5, 5.41) is 3.36. The normalized spacial score (nSPS) is 26.3. The second-order valence-corrected chi connectivity index (χ2v) is 6.26. The van der Waals surface area contributed by atoms with Gasteiger partial charge in [-0.2, -0.15) is 0 Å². The zero-order valence-corrected chi connectivity index (χ0v) is 14.0. The number of piperazine rings is 1. The van der Waals surface area contributed by atoms with Gasteiger partial charge in [-0.3, -0.25) is 4.79 Å². The van der Waals surface area contributed by atoms with Gasteiger partial charge in [-0.05, 0) is 32.0 Å². The van der Waals surface area contributed by atoms with E-state index in [0.717, 1.165) is 45.6 Å². The summed E-state index contributed by atoms with van der Waals surface area (Å²) >= 11 is 0. The minimum absolute atomic E-state index is 0. The van der Waals surface area contributed by atoms with Crippen LogP contribution in [-0.2, 0) is 4.79 Å². The molecule has 1 N–H and O–H groups in total. The van der Waals surface area contributed by atoms with Crippen LogP contribution in [0.3, 0.4) is 0 Å². The van der Waals surface area contributed by atoms with Gasteiger partial charge in [0.1, 0.15) is 0 Å². The van der Waals surface area contributed by atoms with E-state index in [4.69, 9.17) is 0 Å². The van der Waals surface area contributed by atoms with Gasteiger partial charge >= 0.3 is 0 Å². The maximum Gasteiger partial charge on any atom is 0.227 e. The minimum Gasteiger partial charge on any atom is -0.333 e. The lowest BCUT2D eigenvalue weighted by Crippen LogP contribution is -2.52. The molecule has 2 atom stereocenters. The Morgan fingerprint density at radius 2 is 2.00 bits per heavy atom. The lowest BCUT2D eigenvalue weighted by molar-refractivity contribution is -0.141. The number of likely N-dealkylation sites (N-methyl/N-ethyl adjacent to an activating group) is 1. The highest BCUT2D eigenvalue weighted by molar-refractivity contribution is 5.85. The van der Waals surface area contributed by atoms with E-state index in [-0.39, 0.29) is 24.4 Å². The van der Waals surface area contributed by atoms with Crippen LogP contribution < -0.4 is 5.32 Å². The van der Waals surface area contributed by atoms with Gasteiger partial charge < -0.3 is 15.1 Å². The van der Waals surface area contributed by atoms with Crippen LogP contribution in [0.5, 0.6) is 0 Å². The van der Waals surface area contributed by atoms with Gasteiger partial charge in [0.25, 0.3) is 0 Å². The molecule has 4 nitrogen and oxygen atoms in total. The van der Waals surface area contributed by atoms with Crippen molar-refractivity contribution >= 4 is 18.3 Å². The topological polar surface area (TPSA) is 35.6 Å². The third kappa shape index (κ3) is 3.80. The number of carbonyl (C=O) groups is 1. The predicted octanol–water partition coefficient (Wildman–Crippen LogP) is 1.92. The first-order valence-electron chi connectivity index (χ1n) is 8.00. The van der Waals surface area contributed by atoms with Crippen molar-refractivity contribution in [3.8, 4) is 0 Å². The molecular weight excluding hydrogens is 298 g/mol. The molecule has 0 spiro atoms. The number of hydrogen-bond acceptors (Lipinski definition) is 3. The van der Waals surface area contributed by atoms with Gasteiger partial charge in [0.2, 0.25) is 5.91 Å². The predicted molar refractivity (Wildman–Crippen MR) is 91.2 cm³/mol. The maximum absolute atomic E-state index is 12.9. The van der Waals surface area contributed by atoms with Gasteiger partial charge in [0.15, 0.2) is 0 Å². The summed E-state index contributed by atoms with van der Waals surface area (Å²) in [4.78, 5) is 17.3. The van der Waals surface area contributed by atoms with Gasteiger partial charge in [0.05, 0.1) is 12.0 Å². The molecule has 5 heteroatoms. The number of rotatable bonds is 2. The second kappa shape index (κ2) is 7.95. The number of piperidine rings is 1. The van der Waals surface area contributed by atoms with Crippen molar-refractivity contribution in [1.82, 2.24) is 15.1 Å². The van der Waals surface area contributed by atoms with Gasteiger partial charge in [0, 0.05) is 26.2 Å². The van der Waals surface area contributed by atoms with Crippen molar-refractivity contribution in [3.05, 3.63) is 35.9 Å². The van der Waals surface area contributed by atoms with Crippen LogP contribution in [0, 0.1) is 5.92 Å². The molecule has 3 rings (SSSR count). The molecule has 0 bridgehead atoms. The summed E-state index contributed by atoms with van der Waals surface area (Å²) in [5.74, 6) is 0.498. The van der Waals surface area contributed by atoms with Crippen LogP contribution in [0.2, 0.25) is 0 Å². The fourth-order valence-corrected chi connectivity index (χ4v) is 3.44. The van der Waals surface area contributed by atoms with Crippen LogP contribution >= 0.6 is 12.4 Å². The third-order valence-corrected chi connectivity index (χ3v) is 4.70. The minimum atomic E-state index is 0. The highest BCUT2D eigenvalue weighted by atomic mass is 35.5. The van der Waals surface area contributed by atoms with Crippen LogP contribution in [0.4, 0.5) is 0 Å². The Labute approximate surface area is 139 Å². The molecule has 0 radical (unpaired) electrons. The molecule has 1 aromatic rings. The molecule has 2 unspecified atom stereocenters. The summed E-state index contributed by atoms with van der Waals surface area (Å²) in [6, 6.07) is 10.6. The second-order valence-electron chi connectivity index (χ2n) is 6.26. The van der Waals surface area contributed by atoms with Crippen LogP contribution in [0.25, 0.3) is 0 Å². The van der Waals surface area contributed by atoms with Gasteiger partial charge in [-0.1, -0.05) is 30.3 Å². The lowest BCUT2D eigenvalue weighted by Gasteiger charge is -2.42. The SMILES string of the molecule is CN1CCN(C(=O)C2CCCNC2)C(c2ccccc2)C1.Cl. The van der Waals surface area contributed by atoms with E-state index in [0.29, 0.717) is 5.91 Å². The maximum atomic E-state index is 12.9. The average molecular weight is 324 g/mol. The van der Waals surface area contributed by atoms with Crippen molar-refractivity contribution < 1.29 is 4.79 Å². The molecule has 2 fully saturated rings. The molecule has 2 heterocycles. The van der Waals surface area contributed by atoms with Gasteiger partial charge in [-0.25, -0.2) is 0 Å². The van der Waals surface area contributed by atoms with Crippen LogP contribution in [0.1, 0.15) is 24.4 Å². The largest absolute Gasteiger partial charge is 0.333 e. The van der Waals surface area contributed by atoms with E-state index >= 15 is 0 Å². The molecule has 2 aliphatic heterocycles. The molecule has 2 saturated heterocycles. The fourth-order valence-electron chi connectivity index (χ4n) is 3.44.